The Morgan fingerprint density at radius 1 is 1.08 bits per heavy atom. The molecule has 0 fully saturated rings. The van der Waals surface area contributed by atoms with E-state index in [-0.39, 0.29) is 0 Å². The molecule has 0 spiro atoms. The number of aliphatic hydroxyl groups excluding tert-OH is 1. The summed E-state index contributed by atoms with van der Waals surface area (Å²) in [5.41, 5.74) is 0. The van der Waals surface area contributed by atoms with E-state index in [1.807, 2.05) is 0 Å². The largest absolute Gasteiger partial charge is 0.673 e. The molecule has 7 heteroatoms. The number of quaternary nitrogens is 1. The smallest absolute Gasteiger partial charge is 0.418 e. The lowest BCUT2D eigenvalue weighted by Gasteiger charge is -2.22. The zero-order valence-electron chi connectivity index (χ0n) is 8.10. The van der Waals surface area contributed by atoms with Crippen LogP contribution in [0.3, 0.4) is 0 Å². The number of aliphatic hydroxyl groups is 1. The van der Waals surface area contributed by atoms with Gasteiger partial charge in [-0.05, 0) is 0 Å². The van der Waals surface area contributed by atoms with Crippen LogP contribution in [-0.4, -0.2) is 51.1 Å². The Bertz CT molecular complexity index is 117. The molecular weight excluding hydrogens is 189 g/mol. The molecule has 0 bridgehead atoms. The third-order valence-electron chi connectivity index (χ3n) is 0.987. The Morgan fingerprint density at radius 2 is 1.38 bits per heavy atom. The summed E-state index contributed by atoms with van der Waals surface area (Å²) in [6, 6.07) is 0. The molecule has 0 aromatic heterocycles. The van der Waals surface area contributed by atoms with Crippen LogP contribution >= 0.6 is 0 Å². The molecule has 0 aromatic carbocycles. The molecule has 0 aromatic rings. The molecule has 1 N–H and O–H groups in total. The summed E-state index contributed by atoms with van der Waals surface area (Å²) >= 11 is 0. The highest BCUT2D eigenvalue weighted by Gasteiger charge is 2.20. The highest BCUT2D eigenvalue weighted by molar-refractivity contribution is 6.50. The topological polar surface area (TPSA) is 20.2 Å². The molecule has 0 rings (SSSR count). The molecule has 0 aliphatic heterocycles. The maximum Gasteiger partial charge on any atom is 0.673 e. The molecule has 2 nitrogen and oxygen atoms in total. The molecule has 13 heavy (non-hydrogen) atoms. The van der Waals surface area contributed by atoms with Crippen LogP contribution in [0.5, 0.6) is 0 Å². The Morgan fingerprint density at radius 3 is 1.46 bits per heavy atom. The fraction of sp³-hybridized carbons (Fsp3) is 1.00. The third-order valence-corrected chi connectivity index (χ3v) is 0.987. The standard InChI is InChI=1S/C6H16NO.BF4/c1-7(2,3)5-4-6-8;2-1(3,4)5/h8H,4-6H2,1-3H3;/q+1;-1. The van der Waals surface area contributed by atoms with E-state index < -0.39 is 7.25 Å². The molecule has 0 heterocycles. The quantitative estimate of drug-likeness (QED) is 0.419. The maximum absolute atomic E-state index is 9.75. The number of hydrogen-bond acceptors (Lipinski definition) is 1. The molecule has 0 aliphatic carbocycles. The van der Waals surface area contributed by atoms with Gasteiger partial charge in [-0.25, -0.2) is 0 Å². The Labute approximate surface area is 75.9 Å². The highest BCUT2D eigenvalue weighted by atomic mass is 19.5. The summed E-state index contributed by atoms with van der Waals surface area (Å²) in [7, 11) is 0.362. The van der Waals surface area contributed by atoms with E-state index in [0.29, 0.717) is 6.61 Å². The predicted octanol–water partition coefficient (Wildman–Crippen LogP) is 1.38. The van der Waals surface area contributed by atoms with Crippen molar-refractivity contribution in [2.45, 2.75) is 6.42 Å². The monoisotopic (exact) mass is 205 g/mol. The average Bonchev–Trinajstić information content (AvgIpc) is 1.77. The minimum Gasteiger partial charge on any atom is -0.418 e. The van der Waals surface area contributed by atoms with Crippen molar-refractivity contribution in [2.75, 3.05) is 34.3 Å². The first kappa shape index (κ1) is 15.2. The van der Waals surface area contributed by atoms with Crippen molar-refractivity contribution < 1.29 is 26.9 Å². The fourth-order valence-electron chi connectivity index (χ4n) is 0.545. The predicted molar refractivity (Wildman–Crippen MR) is 44.8 cm³/mol. The Kier molecular flexibility index (Phi) is 7.25. The van der Waals surface area contributed by atoms with Crippen LogP contribution in [0.15, 0.2) is 0 Å². The van der Waals surface area contributed by atoms with Gasteiger partial charge in [-0.15, -0.1) is 0 Å². The van der Waals surface area contributed by atoms with Crippen LogP contribution in [0.1, 0.15) is 6.42 Å². The summed E-state index contributed by atoms with van der Waals surface area (Å²) in [4.78, 5) is 0. The highest BCUT2D eigenvalue weighted by Crippen LogP contribution is 2.06. The lowest BCUT2D eigenvalue weighted by atomic mass is 10.3. The first-order chi connectivity index (χ1) is 5.56. The Balaban J connectivity index is 0. The molecule has 0 saturated heterocycles. The van der Waals surface area contributed by atoms with Gasteiger partial charge in [0.25, 0.3) is 0 Å². The second kappa shape index (κ2) is 6.20. The van der Waals surface area contributed by atoms with Crippen molar-refractivity contribution in [2.24, 2.45) is 0 Å². The molecule has 0 aliphatic rings. The summed E-state index contributed by atoms with van der Waals surface area (Å²) in [5, 5.41) is 8.42. The lowest BCUT2D eigenvalue weighted by molar-refractivity contribution is -0.870. The van der Waals surface area contributed by atoms with Crippen LogP contribution in [0, 0.1) is 0 Å². The number of rotatable bonds is 3. The number of hydrogen-bond donors (Lipinski definition) is 1. The minimum atomic E-state index is -6.00. The summed E-state index contributed by atoms with van der Waals surface area (Å²) in [5.74, 6) is 0. The van der Waals surface area contributed by atoms with E-state index in [9.17, 15) is 17.3 Å². The van der Waals surface area contributed by atoms with Gasteiger partial charge in [0.2, 0.25) is 0 Å². The van der Waals surface area contributed by atoms with Crippen molar-refractivity contribution in [3.05, 3.63) is 0 Å². The van der Waals surface area contributed by atoms with E-state index in [0.717, 1.165) is 17.4 Å². The van der Waals surface area contributed by atoms with Gasteiger partial charge in [-0.3, -0.25) is 0 Å². The van der Waals surface area contributed by atoms with Crippen molar-refractivity contribution in [1.29, 1.82) is 0 Å². The summed E-state index contributed by atoms with van der Waals surface area (Å²) in [6.07, 6.45) is 0.906. The molecule has 0 amide bonds. The van der Waals surface area contributed by atoms with Gasteiger partial charge >= 0.3 is 7.25 Å². The van der Waals surface area contributed by atoms with Crippen LogP contribution in [0.25, 0.3) is 0 Å². The van der Waals surface area contributed by atoms with Crippen molar-refractivity contribution in [3.8, 4) is 0 Å². The summed E-state index contributed by atoms with van der Waals surface area (Å²) < 4.78 is 39.9. The average molecular weight is 205 g/mol. The van der Waals surface area contributed by atoms with Gasteiger partial charge < -0.3 is 26.9 Å². The van der Waals surface area contributed by atoms with Crippen molar-refractivity contribution in [1.82, 2.24) is 0 Å². The number of halogens is 4. The van der Waals surface area contributed by atoms with Gasteiger partial charge in [-0.1, -0.05) is 0 Å². The van der Waals surface area contributed by atoms with Crippen LogP contribution in [0.4, 0.5) is 17.3 Å². The molecule has 0 saturated carbocycles. The van der Waals surface area contributed by atoms with Gasteiger partial charge in [-0.2, -0.15) is 0 Å². The van der Waals surface area contributed by atoms with Gasteiger partial charge in [0.1, 0.15) is 0 Å². The third kappa shape index (κ3) is 49.8. The lowest BCUT2D eigenvalue weighted by Crippen LogP contribution is -2.35. The molecule has 0 atom stereocenters. The van der Waals surface area contributed by atoms with Gasteiger partial charge in [0.05, 0.1) is 27.7 Å². The zero-order valence-corrected chi connectivity index (χ0v) is 8.10. The van der Waals surface area contributed by atoms with E-state index in [1.165, 1.54) is 0 Å². The Hall–Kier alpha value is -0.295. The van der Waals surface area contributed by atoms with Crippen LogP contribution < -0.4 is 0 Å². The SMILES string of the molecule is C[N+](C)(C)CCCO.F[B-](F)(F)F. The zero-order chi connectivity index (χ0) is 11.1. The first-order valence-corrected chi connectivity index (χ1v) is 3.85. The van der Waals surface area contributed by atoms with Gasteiger partial charge in [0, 0.05) is 13.0 Å². The molecule has 82 valence electrons. The van der Waals surface area contributed by atoms with Crippen LogP contribution in [0.2, 0.25) is 0 Å². The molecule has 0 unspecified atom stereocenters. The maximum atomic E-state index is 9.75. The van der Waals surface area contributed by atoms with E-state index >= 15 is 0 Å². The van der Waals surface area contributed by atoms with E-state index in [4.69, 9.17) is 5.11 Å². The summed E-state index contributed by atoms with van der Waals surface area (Å²) in [6.45, 7) is 1.37. The number of nitrogens with zero attached hydrogens (tertiary/aromatic N) is 1. The second-order valence-corrected chi connectivity index (χ2v) is 3.59. The molecular formula is C6H16BF4NO. The van der Waals surface area contributed by atoms with E-state index in [2.05, 4.69) is 21.1 Å². The minimum absolute atomic E-state index is 0.315. The van der Waals surface area contributed by atoms with Crippen molar-refractivity contribution in [3.63, 3.8) is 0 Å². The fourth-order valence-corrected chi connectivity index (χ4v) is 0.545. The first-order valence-electron chi connectivity index (χ1n) is 3.85. The molecule has 0 radical (unpaired) electrons. The normalized spacial score (nSPS) is 12.0. The second-order valence-electron chi connectivity index (χ2n) is 3.59. The van der Waals surface area contributed by atoms with Crippen LogP contribution in [-0.2, 0) is 0 Å². The van der Waals surface area contributed by atoms with Crippen molar-refractivity contribution >= 4 is 7.25 Å². The van der Waals surface area contributed by atoms with E-state index in [1.54, 1.807) is 0 Å². The van der Waals surface area contributed by atoms with Gasteiger partial charge in [0.15, 0.2) is 0 Å².